The van der Waals surface area contributed by atoms with Gasteiger partial charge in [-0.1, -0.05) is 67.9 Å². The quantitative estimate of drug-likeness (QED) is 0.145. The fourth-order valence-corrected chi connectivity index (χ4v) is 4.96. The number of phenolic OH excluding ortho intramolecular Hbond substituents is 2. The monoisotopic (exact) mass is 614 g/mol. The minimum absolute atomic E-state index is 0.00342. The number of rotatable bonds is 9. The number of aromatic nitrogens is 4. The summed E-state index contributed by atoms with van der Waals surface area (Å²) in [6, 6.07) is 14.8. The third kappa shape index (κ3) is 7.69. The number of amides is 2. The van der Waals surface area contributed by atoms with Crippen LogP contribution in [0.1, 0.15) is 42.3 Å². The van der Waals surface area contributed by atoms with E-state index in [9.17, 15) is 19.8 Å². The zero-order chi connectivity index (χ0) is 29.7. The van der Waals surface area contributed by atoms with Crippen molar-refractivity contribution in [1.29, 1.82) is 0 Å². The first kappa shape index (κ1) is 30.2. The van der Waals surface area contributed by atoms with E-state index in [2.05, 4.69) is 46.9 Å². The van der Waals surface area contributed by atoms with E-state index in [-0.39, 0.29) is 39.5 Å². The molecule has 0 aliphatic carbocycles. The summed E-state index contributed by atoms with van der Waals surface area (Å²) in [5, 5.41) is 37.4. The molecule has 1 aromatic heterocycles. The Morgan fingerprint density at radius 3 is 2.44 bits per heavy atom. The van der Waals surface area contributed by atoms with Gasteiger partial charge >= 0.3 is 0 Å². The number of halogens is 2. The Kier molecular flexibility index (Phi) is 9.42. The Balaban J connectivity index is 1.32. The molecule has 0 bridgehead atoms. The van der Waals surface area contributed by atoms with E-state index >= 15 is 0 Å². The molecule has 0 atom stereocenters. The summed E-state index contributed by atoms with van der Waals surface area (Å²) in [5.74, 6) is -1.10. The van der Waals surface area contributed by atoms with Crippen molar-refractivity contribution < 1.29 is 19.8 Å². The molecule has 0 saturated carbocycles. The van der Waals surface area contributed by atoms with Crippen LogP contribution >= 0.6 is 35.0 Å². The number of hydrogen-bond acceptors (Lipinski definition) is 8. The van der Waals surface area contributed by atoms with Crippen LogP contribution in [-0.2, 0) is 16.6 Å². The number of nitrogens with zero attached hydrogens (tertiary/aromatic N) is 4. The lowest BCUT2D eigenvalue weighted by Gasteiger charge is -2.20. The van der Waals surface area contributed by atoms with Gasteiger partial charge in [-0.2, -0.15) is 4.68 Å². The van der Waals surface area contributed by atoms with Gasteiger partial charge in [0, 0.05) is 12.1 Å². The van der Waals surface area contributed by atoms with Crippen molar-refractivity contribution in [3.05, 3.63) is 81.3 Å². The first-order chi connectivity index (χ1) is 19.4. The minimum atomic E-state index is -0.343. The van der Waals surface area contributed by atoms with Crippen LogP contribution in [0.4, 0.5) is 5.69 Å². The van der Waals surface area contributed by atoms with E-state index in [1.165, 1.54) is 22.9 Å². The normalized spacial score (nSPS) is 11.3. The molecule has 214 valence electrons. The third-order valence-corrected chi connectivity index (χ3v) is 7.59. The van der Waals surface area contributed by atoms with Crippen LogP contribution in [0.25, 0.3) is 5.69 Å². The number of hydrogen-bond donors (Lipinski definition) is 4. The molecule has 1 heterocycles. The molecular weight excluding hydrogens is 587 g/mol. The molecular formula is C28H28Cl2N6O4S. The summed E-state index contributed by atoms with van der Waals surface area (Å²) in [5.41, 5.74) is 3.04. The van der Waals surface area contributed by atoms with Crippen LogP contribution in [0.5, 0.6) is 11.5 Å². The lowest BCUT2D eigenvalue weighted by Crippen LogP contribution is -2.25. The molecule has 0 unspecified atom stereocenters. The Bertz CT molecular complexity index is 1590. The lowest BCUT2D eigenvalue weighted by atomic mass is 9.87. The summed E-state index contributed by atoms with van der Waals surface area (Å²) in [6.07, 6.45) is 0.455. The molecule has 10 nitrogen and oxygen atoms in total. The van der Waals surface area contributed by atoms with E-state index < -0.39 is 0 Å². The molecule has 13 heteroatoms. The number of benzene rings is 3. The second-order valence-electron chi connectivity index (χ2n) is 10.1. The molecule has 4 aromatic rings. The largest absolute Gasteiger partial charge is 0.504 e. The summed E-state index contributed by atoms with van der Waals surface area (Å²) < 4.78 is 1.48. The van der Waals surface area contributed by atoms with Crippen LogP contribution in [-0.4, -0.2) is 54.5 Å². The van der Waals surface area contributed by atoms with E-state index in [4.69, 9.17) is 23.2 Å². The van der Waals surface area contributed by atoms with Crippen molar-refractivity contribution in [2.45, 2.75) is 37.8 Å². The Hall–Kier alpha value is -3.80. The number of aromatic hydroxyl groups is 2. The predicted molar refractivity (Wildman–Crippen MR) is 159 cm³/mol. The van der Waals surface area contributed by atoms with Crippen LogP contribution in [0.15, 0.2) is 59.8 Å². The highest BCUT2D eigenvalue weighted by Crippen LogP contribution is 2.31. The third-order valence-electron chi connectivity index (χ3n) is 6.06. The maximum absolute atomic E-state index is 12.7. The summed E-state index contributed by atoms with van der Waals surface area (Å²) in [4.78, 5) is 25.2. The topological polar surface area (TPSA) is 142 Å². The molecule has 0 saturated heterocycles. The van der Waals surface area contributed by atoms with Crippen LogP contribution in [0.2, 0.25) is 10.0 Å². The highest BCUT2D eigenvalue weighted by molar-refractivity contribution is 7.99. The maximum atomic E-state index is 12.7. The lowest BCUT2D eigenvalue weighted by molar-refractivity contribution is -0.113. The Labute approximate surface area is 251 Å². The van der Waals surface area contributed by atoms with E-state index in [0.29, 0.717) is 40.1 Å². The first-order valence-electron chi connectivity index (χ1n) is 12.5. The zero-order valence-electron chi connectivity index (χ0n) is 22.5. The zero-order valence-corrected chi connectivity index (χ0v) is 24.8. The fraction of sp³-hybridized carbons (Fsp3) is 0.250. The van der Waals surface area contributed by atoms with Crippen LogP contribution in [0, 0.1) is 0 Å². The maximum Gasteiger partial charge on any atom is 0.251 e. The molecule has 0 aliphatic heterocycles. The van der Waals surface area contributed by atoms with Gasteiger partial charge in [-0.05, 0) is 75.9 Å². The number of tetrazole rings is 1. The van der Waals surface area contributed by atoms with Gasteiger partial charge in [0.25, 0.3) is 5.91 Å². The standard InChI is InChI=1S/C28H28Cl2N6O4S/c1-28(2,3)18-6-8-22(20(30)14-18)36-27(33-34-35-36)41-15-25(39)32-21-7-5-17(13-19(21)29)26(40)31-11-10-16-4-9-23(37)24(38)12-16/h4-9,12-14,37-38H,10-11,15H2,1-3H3,(H,31,40)(H,32,39). The van der Waals surface area contributed by atoms with Gasteiger partial charge in [0.1, 0.15) is 0 Å². The summed E-state index contributed by atoms with van der Waals surface area (Å²) in [7, 11) is 0. The predicted octanol–water partition coefficient (Wildman–Crippen LogP) is 5.38. The van der Waals surface area contributed by atoms with Gasteiger partial charge in [0.05, 0.1) is 27.2 Å². The molecule has 41 heavy (non-hydrogen) atoms. The SMILES string of the molecule is CC(C)(C)c1ccc(-n2nnnc2SCC(=O)Nc2ccc(C(=O)NCCc3ccc(O)c(O)c3)cc2Cl)c(Cl)c1. The fourth-order valence-electron chi connectivity index (χ4n) is 3.79. The molecule has 0 spiro atoms. The number of anilines is 1. The molecule has 4 rings (SSSR count). The molecule has 0 radical (unpaired) electrons. The number of thioether (sulfide) groups is 1. The summed E-state index contributed by atoms with van der Waals surface area (Å²) >= 11 is 14.0. The van der Waals surface area contributed by atoms with Crippen LogP contribution in [0.3, 0.4) is 0 Å². The first-order valence-corrected chi connectivity index (χ1v) is 14.3. The number of nitrogens with one attached hydrogen (secondary N) is 2. The van der Waals surface area contributed by atoms with Crippen molar-refractivity contribution in [3.8, 4) is 17.2 Å². The molecule has 0 fully saturated rings. The second kappa shape index (κ2) is 12.8. The number of phenols is 2. The Morgan fingerprint density at radius 2 is 1.76 bits per heavy atom. The van der Waals surface area contributed by atoms with Gasteiger partial charge in [-0.25, -0.2) is 0 Å². The molecule has 2 amide bonds. The number of carbonyl (C=O) groups excluding carboxylic acids is 2. The average Bonchev–Trinajstić information content (AvgIpc) is 3.38. The minimum Gasteiger partial charge on any atom is -0.504 e. The van der Waals surface area contributed by atoms with Crippen molar-refractivity contribution >= 4 is 52.5 Å². The molecule has 4 N–H and O–H groups in total. The van der Waals surface area contributed by atoms with Gasteiger partial charge in [0.15, 0.2) is 11.5 Å². The van der Waals surface area contributed by atoms with Gasteiger partial charge in [-0.3, -0.25) is 9.59 Å². The highest BCUT2D eigenvalue weighted by Gasteiger charge is 2.19. The smallest absolute Gasteiger partial charge is 0.251 e. The van der Waals surface area contributed by atoms with Crippen molar-refractivity contribution in [1.82, 2.24) is 25.5 Å². The van der Waals surface area contributed by atoms with Gasteiger partial charge in [-0.15, -0.1) is 5.10 Å². The second-order valence-corrected chi connectivity index (χ2v) is 11.9. The van der Waals surface area contributed by atoms with E-state index in [1.54, 1.807) is 18.2 Å². The highest BCUT2D eigenvalue weighted by atomic mass is 35.5. The molecule has 0 aliphatic rings. The van der Waals surface area contributed by atoms with E-state index in [0.717, 1.165) is 22.9 Å². The summed E-state index contributed by atoms with van der Waals surface area (Å²) in [6.45, 7) is 6.60. The number of carbonyl (C=O) groups is 2. The van der Waals surface area contributed by atoms with Crippen molar-refractivity contribution in [3.63, 3.8) is 0 Å². The average molecular weight is 616 g/mol. The van der Waals surface area contributed by atoms with Crippen molar-refractivity contribution in [2.24, 2.45) is 0 Å². The van der Waals surface area contributed by atoms with Crippen LogP contribution < -0.4 is 10.6 Å². The van der Waals surface area contributed by atoms with Gasteiger partial charge in [0.2, 0.25) is 11.1 Å². The van der Waals surface area contributed by atoms with Crippen molar-refractivity contribution in [2.75, 3.05) is 17.6 Å². The molecule has 3 aromatic carbocycles. The van der Waals surface area contributed by atoms with Gasteiger partial charge < -0.3 is 20.8 Å². The van der Waals surface area contributed by atoms with E-state index in [1.807, 2.05) is 18.2 Å². The Morgan fingerprint density at radius 1 is 0.976 bits per heavy atom.